The highest BCUT2D eigenvalue weighted by atomic mass is 16.5. The molecule has 0 aliphatic rings. The van der Waals surface area contributed by atoms with Crippen LogP contribution in [0.4, 0.5) is 0 Å². The third kappa shape index (κ3) is 5.66. The van der Waals surface area contributed by atoms with E-state index in [1.807, 2.05) is 62.4 Å². The zero-order chi connectivity index (χ0) is 16.7. The Kier molecular flexibility index (Phi) is 6.03. The molecular formula is C19H23NO3. The molecule has 0 radical (unpaired) electrons. The van der Waals surface area contributed by atoms with Gasteiger partial charge in [-0.1, -0.05) is 29.8 Å². The maximum Gasteiger partial charge on any atom is 0.224 e. The standard InChI is InChI=1S/C19H23NO3/c1-14-4-8-18(9-5-14)23-13-15(2)20-19(21)12-16-6-10-17(22-3)11-7-16/h4-11,15H,12-13H2,1-3H3,(H,20,21). The lowest BCUT2D eigenvalue weighted by atomic mass is 10.1. The van der Waals surface area contributed by atoms with E-state index in [4.69, 9.17) is 9.47 Å². The molecule has 122 valence electrons. The maximum atomic E-state index is 12.0. The monoisotopic (exact) mass is 313 g/mol. The van der Waals surface area contributed by atoms with E-state index in [1.54, 1.807) is 7.11 Å². The van der Waals surface area contributed by atoms with Gasteiger partial charge in [0.25, 0.3) is 0 Å². The van der Waals surface area contributed by atoms with Gasteiger partial charge >= 0.3 is 0 Å². The van der Waals surface area contributed by atoms with Gasteiger partial charge < -0.3 is 14.8 Å². The third-order valence-electron chi connectivity index (χ3n) is 3.45. The summed E-state index contributed by atoms with van der Waals surface area (Å²) in [6.45, 7) is 4.41. The molecule has 4 heteroatoms. The normalized spacial score (nSPS) is 11.6. The van der Waals surface area contributed by atoms with Crippen LogP contribution in [0, 0.1) is 6.92 Å². The molecule has 0 bridgehead atoms. The molecule has 0 aromatic heterocycles. The quantitative estimate of drug-likeness (QED) is 0.854. The van der Waals surface area contributed by atoms with Gasteiger partial charge in [-0.25, -0.2) is 0 Å². The van der Waals surface area contributed by atoms with Crippen LogP contribution in [0.1, 0.15) is 18.1 Å². The Hall–Kier alpha value is -2.49. The van der Waals surface area contributed by atoms with Crippen molar-refractivity contribution in [1.29, 1.82) is 0 Å². The van der Waals surface area contributed by atoms with Crippen LogP contribution in [0.25, 0.3) is 0 Å². The minimum absolute atomic E-state index is 0.0184. The molecule has 0 fully saturated rings. The van der Waals surface area contributed by atoms with E-state index in [-0.39, 0.29) is 11.9 Å². The van der Waals surface area contributed by atoms with Crippen molar-refractivity contribution < 1.29 is 14.3 Å². The highest BCUT2D eigenvalue weighted by Crippen LogP contribution is 2.12. The van der Waals surface area contributed by atoms with Crippen LogP contribution in [-0.2, 0) is 11.2 Å². The summed E-state index contributed by atoms with van der Waals surface area (Å²) in [7, 11) is 1.62. The predicted octanol–water partition coefficient (Wildman–Crippen LogP) is 3.13. The summed E-state index contributed by atoms with van der Waals surface area (Å²) in [5.41, 5.74) is 2.15. The summed E-state index contributed by atoms with van der Waals surface area (Å²) in [6, 6.07) is 15.3. The van der Waals surface area contributed by atoms with E-state index in [2.05, 4.69) is 5.32 Å². The average Bonchev–Trinajstić information content (AvgIpc) is 2.55. The molecular weight excluding hydrogens is 290 g/mol. The Bertz CT molecular complexity index is 620. The van der Waals surface area contributed by atoms with Gasteiger partial charge in [0, 0.05) is 0 Å². The van der Waals surface area contributed by atoms with E-state index in [0.29, 0.717) is 13.0 Å². The SMILES string of the molecule is COc1ccc(CC(=O)NC(C)COc2ccc(C)cc2)cc1. The Balaban J connectivity index is 1.76. The van der Waals surface area contributed by atoms with Crippen molar-refractivity contribution in [2.75, 3.05) is 13.7 Å². The number of carbonyl (C=O) groups is 1. The van der Waals surface area contributed by atoms with Crippen LogP contribution >= 0.6 is 0 Å². The number of methoxy groups -OCH3 is 1. The number of amides is 1. The van der Waals surface area contributed by atoms with Crippen LogP contribution in [0.5, 0.6) is 11.5 Å². The smallest absolute Gasteiger partial charge is 0.224 e. The lowest BCUT2D eigenvalue weighted by Gasteiger charge is -2.15. The lowest BCUT2D eigenvalue weighted by Crippen LogP contribution is -2.37. The molecule has 4 nitrogen and oxygen atoms in total. The molecule has 0 spiro atoms. The molecule has 2 aromatic rings. The molecule has 1 N–H and O–H groups in total. The summed E-state index contributed by atoms with van der Waals surface area (Å²) < 4.78 is 10.8. The van der Waals surface area contributed by atoms with Gasteiger partial charge in [-0.15, -0.1) is 0 Å². The number of hydrogen-bond acceptors (Lipinski definition) is 3. The van der Waals surface area contributed by atoms with E-state index in [0.717, 1.165) is 17.1 Å². The molecule has 2 rings (SSSR count). The second-order valence-corrected chi connectivity index (χ2v) is 5.62. The fourth-order valence-electron chi connectivity index (χ4n) is 2.15. The van der Waals surface area contributed by atoms with E-state index >= 15 is 0 Å². The average molecular weight is 313 g/mol. The molecule has 0 aliphatic heterocycles. The molecule has 0 saturated heterocycles. The fourth-order valence-corrected chi connectivity index (χ4v) is 2.15. The summed E-state index contributed by atoms with van der Waals surface area (Å²) in [6.07, 6.45) is 0.346. The second-order valence-electron chi connectivity index (χ2n) is 5.62. The highest BCUT2D eigenvalue weighted by molar-refractivity contribution is 5.78. The Morgan fingerprint density at radius 3 is 2.26 bits per heavy atom. The van der Waals surface area contributed by atoms with Gasteiger partial charge in [-0.05, 0) is 43.7 Å². The second kappa shape index (κ2) is 8.22. The van der Waals surface area contributed by atoms with Crippen molar-refractivity contribution in [3.8, 4) is 11.5 Å². The van der Waals surface area contributed by atoms with Crippen LogP contribution in [0.3, 0.4) is 0 Å². The topological polar surface area (TPSA) is 47.6 Å². The largest absolute Gasteiger partial charge is 0.497 e. The highest BCUT2D eigenvalue weighted by Gasteiger charge is 2.09. The molecule has 0 aliphatic carbocycles. The van der Waals surface area contributed by atoms with Gasteiger partial charge in [0.15, 0.2) is 0 Å². The Labute approximate surface area is 137 Å². The first-order valence-corrected chi connectivity index (χ1v) is 7.68. The van der Waals surface area contributed by atoms with E-state index in [9.17, 15) is 4.79 Å². The van der Waals surface area contributed by atoms with Crippen LogP contribution in [-0.4, -0.2) is 25.7 Å². The number of aryl methyl sites for hydroxylation is 1. The zero-order valence-corrected chi connectivity index (χ0v) is 13.8. The maximum absolute atomic E-state index is 12.0. The van der Waals surface area contributed by atoms with Crippen molar-refractivity contribution >= 4 is 5.91 Å². The molecule has 1 amide bonds. The summed E-state index contributed by atoms with van der Waals surface area (Å²) >= 11 is 0. The van der Waals surface area contributed by atoms with Crippen molar-refractivity contribution in [3.05, 3.63) is 59.7 Å². The minimum Gasteiger partial charge on any atom is -0.497 e. The molecule has 2 aromatic carbocycles. The van der Waals surface area contributed by atoms with Gasteiger partial charge in [0.2, 0.25) is 5.91 Å². The molecule has 0 saturated carbocycles. The van der Waals surface area contributed by atoms with Gasteiger partial charge in [0.1, 0.15) is 18.1 Å². The first kappa shape index (κ1) is 16.9. The first-order chi connectivity index (χ1) is 11.1. The van der Waals surface area contributed by atoms with Crippen LogP contribution in [0.15, 0.2) is 48.5 Å². The van der Waals surface area contributed by atoms with Gasteiger partial charge in [0.05, 0.1) is 19.6 Å². The summed E-state index contributed by atoms with van der Waals surface area (Å²) in [5.74, 6) is 1.58. The van der Waals surface area contributed by atoms with Crippen LogP contribution < -0.4 is 14.8 Å². The minimum atomic E-state index is -0.0537. The van der Waals surface area contributed by atoms with Gasteiger partial charge in [-0.2, -0.15) is 0 Å². The predicted molar refractivity (Wildman–Crippen MR) is 91.0 cm³/mol. The number of hydrogen-bond donors (Lipinski definition) is 1. The number of benzene rings is 2. The number of nitrogens with one attached hydrogen (secondary N) is 1. The van der Waals surface area contributed by atoms with Gasteiger partial charge in [-0.3, -0.25) is 4.79 Å². The van der Waals surface area contributed by atoms with Crippen molar-refractivity contribution in [2.45, 2.75) is 26.3 Å². The van der Waals surface area contributed by atoms with Crippen LogP contribution in [0.2, 0.25) is 0 Å². The first-order valence-electron chi connectivity index (χ1n) is 7.68. The molecule has 23 heavy (non-hydrogen) atoms. The molecule has 0 heterocycles. The fraction of sp³-hybridized carbons (Fsp3) is 0.316. The van der Waals surface area contributed by atoms with Crippen molar-refractivity contribution in [2.24, 2.45) is 0 Å². The lowest BCUT2D eigenvalue weighted by molar-refractivity contribution is -0.121. The Morgan fingerprint density at radius 2 is 1.65 bits per heavy atom. The number of rotatable bonds is 7. The summed E-state index contributed by atoms with van der Waals surface area (Å²) in [5, 5.41) is 2.94. The summed E-state index contributed by atoms with van der Waals surface area (Å²) in [4.78, 5) is 12.0. The zero-order valence-electron chi connectivity index (χ0n) is 13.8. The number of carbonyl (C=O) groups excluding carboxylic acids is 1. The number of ether oxygens (including phenoxy) is 2. The molecule has 1 atom stereocenters. The van der Waals surface area contributed by atoms with Crippen molar-refractivity contribution in [1.82, 2.24) is 5.32 Å². The molecule has 1 unspecified atom stereocenters. The van der Waals surface area contributed by atoms with Crippen molar-refractivity contribution in [3.63, 3.8) is 0 Å². The Morgan fingerprint density at radius 1 is 1.04 bits per heavy atom. The van der Waals surface area contributed by atoms with E-state index in [1.165, 1.54) is 5.56 Å². The van der Waals surface area contributed by atoms with E-state index < -0.39 is 0 Å². The third-order valence-corrected chi connectivity index (χ3v) is 3.45.